The molecule has 1 saturated heterocycles. The second kappa shape index (κ2) is 7.08. The lowest BCUT2D eigenvalue weighted by atomic mass is 9.97. The van der Waals surface area contributed by atoms with Gasteiger partial charge in [-0.15, -0.1) is 0 Å². The molecule has 2 nitrogen and oxygen atoms in total. The molecule has 2 aromatic carbocycles. The smallest absolute Gasteiger partial charge is 0.0406 e. The zero-order chi connectivity index (χ0) is 14.5. The van der Waals surface area contributed by atoms with Crippen molar-refractivity contribution >= 4 is 11.6 Å². The van der Waals surface area contributed by atoms with Crippen LogP contribution in [0.1, 0.15) is 17.2 Å². The predicted molar refractivity (Wildman–Crippen MR) is 88.8 cm³/mol. The molecule has 1 atom stereocenters. The average Bonchev–Trinajstić information content (AvgIpc) is 2.55. The van der Waals surface area contributed by atoms with E-state index in [-0.39, 0.29) is 0 Å². The number of nitrogens with one attached hydrogen (secondary N) is 1. The van der Waals surface area contributed by atoms with Crippen LogP contribution in [-0.4, -0.2) is 31.1 Å². The first-order chi connectivity index (χ1) is 10.3. The fourth-order valence-corrected chi connectivity index (χ4v) is 3.10. The molecule has 0 aliphatic carbocycles. The highest BCUT2D eigenvalue weighted by Gasteiger charge is 2.22. The van der Waals surface area contributed by atoms with Crippen molar-refractivity contribution in [3.8, 4) is 0 Å². The normalized spacial score (nSPS) is 17.6. The molecule has 1 unspecified atom stereocenters. The fourth-order valence-electron chi connectivity index (χ4n) is 2.97. The Kier molecular flexibility index (Phi) is 4.91. The summed E-state index contributed by atoms with van der Waals surface area (Å²) in [5.41, 5.74) is 2.74. The maximum Gasteiger partial charge on any atom is 0.0406 e. The van der Waals surface area contributed by atoms with Gasteiger partial charge < -0.3 is 5.32 Å². The third-order valence-electron chi connectivity index (χ3n) is 4.12. The van der Waals surface area contributed by atoms with E-state index in [1.165, 1.54) is 11.1 Å². The van der Waals surface area contributed by atoms with Gasteiger partial charge in [-0.05, 0) is 29.7 Å². The van der Waals surface area contributed by atoms with Crippen molar-refractivity contribution in [3.63, 3.8) is 0 Å². The maximum atomic E-state index is 6.04. The summed E-state index contributed by atoms with van der Waals surface area (Å²) in [4.78, 5) is 2.58. The first kappa shape index (κ1) is 14.6. The molecule has 1 N–H and O–H groups in total. The van der Waals surface area contributed by atoms with Crippen LogP contribution in [0, 0.1) is 0 Å². The minimum Gasteiger partial charge on any atom is -0.314 e. The van der Waals surface area contributed by atoms with Crippen LogP contribution in [0.4, 0.5) is 0 Å². The molecule has 1 heterocycles. The fraction of sp³-hybridized carbons (Fsp3) is 0.333. The van der Waals surface area contributed by atoms with Gasteiger partial charge in [-0.25, -0.2) is 0 Å². The van der Waals surface area contributed by atoms with E-state index in [0.717, 1.165) is 37.6 Å². The second-order valence-corrected chi connectivity index (χ2v) is 5.98. The number of halogens is 1. The average molecular weight is 301 g/mol. The Morgan fingerprint density at radius 1 is 0.952 bits per heavy atom. The van der Waals surface area contributed by atoms with Crippen molar-refractivity contribution in [2.24, 2.45) is 0 Å². The highest BCUT2D eigenvalue weighted by molar-refractivity contribution is 6.30. The summed E-state index contributed by atoms with van der Waals surface area (Å²) in [6.07, 6.45) is 1.04. The number of hydrogen-bond donors (Lipinski definition) is 1. The van der Waals surface area contributed by atoms with Crippen LogP contribution in [0.5, 0.6) is 0 Å². The Morgan fingerprint density at radius 3 is 2.29 bits per heavy atom. The van der Waals surface area contributed by atoms with Crippen LogP contribution in [0.3, 0.4) is 0 Å². The van der Waals surface area contributed by atoms with Crippen LogP contribution >= 0.6 is 11.6 Å². The summed E-state index contributed by atoms with van der Waals surface area (Å²) in [6, 6.07) is 19.5. The second-order valence-electron chi connectivity index (χ2n) is 5.54. The maximum absolute atomic E-state index is 6.04. The van der Waals surface area contributed by atoms with E-state index in [1.807, 2.05) is 12.1 Å². The Balaban J connectivity index is 1.84. The third kappa shape index (κ3) is 3.85. The van der Waals surface area contributed by atoms with Gasteiger partial charge in [-0.1, -0.05) is 54.1 Å². The zero-order valence-electron chi connectivity index (χ0n) is 12.1. The number of benzene rings is 2. The molecule has 2 aromatic rings. The summed E-state index contributed by atoms with van der Waals surface area (Å²) < 4.78 is 0. The topological polar surface area (TPSA) is 15.3 Å². The van der Waals surface area contributed by atoms with Crippen molar-refractivity contribution in [3.05, 3.63) is 70.7 Å². The molecule has 0 spiro atoms. The van der Waals surface area contributed by atoms with Crippen molar-refractivity contribution in [1.82, 2.24) is 10.2 Å². The summed E-state index contributed by atoms with van der Waals surface area (Å²) >= 11 is 6.04. The highest BCUT2D eigenvalue weighted by Crippen LogP contribution is 2.26. The SMILES string of the molecule is Clc1ccc(C(Cc2ccccc2)N2CCNCC2)cc1. The molecule has 3 heteroatoms. The molecule has 0 radical (unpaired) electrons. The van der Waals surface area contributed by atoms with E-state index in [0.29, 0.717) is 6.04 Å². The van der Waals surface area contributed by atoms with E-state index in [4.69, 9.17) is 11.6 Å². The van der Waals surface area contributed by atoms with Gasteiger partial charge in [0.15, 0.2) is 0 Å². The minimum atomic E-state index is 0.423. The lowest BCUT2D eigenvalue weighted by Crippen LogP contribution is -2.45. The molecule has 1 fully saturated rings. The van der Waals surface area contributed by atoms with Gasteiger partial charge in [0.25, 0.3) is 0 Å². The zero-order valence-corrected chi connectivity index (χ0v) is 12.9. The largest absolute Gasteiger partial charge is 0.314 e. The van der Waals surface area contributed by atoms with E-state index < -0.39 is 0 Å². The molecule has 110 valence electrons. The third-order valence-corrected chi connectivity index (χ3v) is 4.37. The lowest BCUT2D eigenvalue weighted by molar-refractivity contribution is 0.172. The molecular formula is C18H21ClN2. The molecule has 0 aromatic heterocycles. The summed E-state index contributed by atoms with van der Waals surface area (Å²) in [6.45, 7) is 4.33. The quantitative estimate of drug-likeness (QED) is 0.929. The molecule has 21 heavy (non-hydrogen) atoms. The van der Waals surface area contributed by atoms with Crippen molar-refractivity contribution in [2.75, 3.05) is 26.2 Å². The predicted octanol–water partition coefficient (Wildman–Crippen LogP) is 3.53. The van der Waals surface area contributed by atoms with E-state index in [1.54, 1.807) is 0 Å². The molecule has 1 aliphatic heterocycles. The molecule has 1 aliphatic rings. The van der Waals surface area contributed by atoms with Gasteiger partial charge in [-0.2, -0.15) is 0 Å². The van der Waals surface area contributed by atoms with E-state index in [2.05, 4.69) is 52.7 Å². The summed E-state index contributed by atoms with van der Waals surface area (Å²) in [5, 5.41) is 4.23. The van der Waals surface area contributed by atoms with Crippen LogP contribution in [-0.2, 0) is 6.42 Å². The van der Waals surface area contributed by atoms with E-state index >= 15 is 0 Å². The number of rotatable bonds is 4. The highest BCUT2D eigenvalue weighted by atomic mass is 35.5. The van der Waals surface area contributed by atoms with Gasteiger partial charge in [0, 0.05) is 37.2 Å². The molecule has 3 rings (SSSR count). The Labute approximate surface area is 131 Å². The Bertz CT molecular complexity index is 547. The number of hydrogen-bond acceptors (Lipinski definition) is 2. The van der Waals surface area contributed by atoms with Gasteiger partial charge in [-0.3, -0.25) is 4.90 Å². The van der Waals surface area contributed by atoms with Gasteiger partial charge in [0.05, 0.1) is 0 Å². The van der Waals surface area contributed by atoms with Gasteiger partial charge in [0.1, 0.15) is 0 Å². The van der Waals surface area contributed by atoms with Crippen molar-refractivity contribution in [1.29, 1.82) is 0 Å². The summed E-state index contributed by atoms with van der Waals surface area (Å²) in [5.74, 6) is 0. The van der Waals surface area contributed by atoms with Crippen molar-refractivity contribution < 1.29 is 0 Å². The van der Waals surface area contributed by atoms with Gasteiger partial charge >= 0.3 is 0 Å². The first-order valence-electron chi connectivity index (χ1n) is 7.57. The number of piperazine rings is 1. The molecule has 0 saturated carbocycles. The summed E-state index contributed by atoms with van der Waals surface area (Å²) in [7, 11) is 0. The molecule has 0 bridgehead atoms. The van der Waals surface area contributed by atoms with Crippen LogP contribution in [0.15, 0.2) is 54.6 Å². The van der Waals surface area contributed by atoms with Crippen LogP contribution < -0.4 is 5.32 Å². The minimum absolute atomic E-state index is 0.423. The Morgan fingerprint density at radius 2 is 1.62 bits per heavy atom. The van der Waals surface area contributed by atoms with Gasteiger partial charge in [0.2, 0.25) is 0 Å². The molecular weight excluding hydrogens is 280 g/mol. The van der Waals surface area contributed by atoms with Crippen LogP contribution in [0.2, 0.25) is 5.02 Å². The monoisotopic (exact) mass is 300 g/mol. The Hall–Kier alpha value is -1.35. The standard InChI is InChI=1S/C18H21ClN2/c19-17-8-6-16(7-9-17)18(21-12-10-20-11-13-21)14-15-4-2-1-3-5-15/h1-9,18,20H,10-14H2. The molecule has 0 amide bonds. The van der Waals surface area contributed by atoms with Crippen LogP contribution in [0.25, 0.3) is 0 Å². The van der Waals surface area contributed by atoms with Crippen molar-refractivity contribution in [2.45, 2.75) is 12.5 Å². The lowest BCUT2D eigenvalue weighted by Gasteiger charge is -2.35. The first-order valence-corrected chi connectivity index (χ1v) is 7.95. The van der Waals surface area contributed by atoms with E-state index in [9.17, 15) is 0 Å². The number of nitrogens with zero attached hydrogens (tertiary/aromatic N) is 1.